The van der Waals surface area contributed by atoms with Gasteiger partial charge in [-0.1, -0.05) is 6.07 Å². The van der Waals surface area contributed by atoms with Crippen LogP contribution in [0.2, 0.25) is 0 Å². The summed E-state index contributed by atoms with van der Waals surface area (Å²) in [7, 11) is 3.89. The van der Waals surface area contributed by atoms with Gasteiger partial charge in [0.05, 0.1) is 17.7 Å². The summed E-state index contributed by atoms with van der Waals surface area (Å²) in [5, 5.41) is 11.9. The average Bonchev–Trinajstić information content (AvgIpc) is 2.36. The van der Waals surface area contributed by atoms with E-state index in [2.05, 4.69) is 16.4 Å². The van der Waals surface area contributed by atoms with Crippen molar-refractivity contribution in [3.05, 3.63) is 30.1 Å². The second-order valence-corrected chi connectivity index (χ2v) is 4.29. The third-order valence-corrected chi connectivity index (χ3v) is 2.47. The second kappa shape index (κ2) is 7.41. The lowest BCUT2D eigenvalue weighted by Gasteiger charge is -2.12. The Kier molecular flexibility index (Phi) is 5.81. The van der Waals surface area contributed by atoms with Crippen LogP contribution in [0.5, 0.6) is 0 Å². The number of hydrogen-bond donors (Lipinski definition) is 1. The van der Waals surface area contributed by atoms with Crippen LogP contribution in [0.25, 0.3) is 0 Å². The van der Waals surface area contributed by atoms with Gasteiger partial charge in [0.15, 0.2) is 0 Å². The molecule has 0 aliphatic carbocycles. The van der Waals surface area contributed by atoms with Gasteiger partial charge in [0.2, 0.25) is 5.91 Å². The molecule has 1 rings (SSSR count). The number of pyridine rings is 1. The first-order valence-electron chi connectivity index (χ1n) is 5.85. The molecule has 0 spiro atoms. The first kappa shape index (κ1) is 14.1. The number of rotatable bonds is 6. The summed E-state index contributed by atoms with van der Waals surface area (Å²) in [4.78, 5) is 17.7. The lowest BCUT2D eigenvalue weighted by Crippen LogP contribution is -2.32. The molecule has 0 bridgehead atoms. The van der Waals surface area contributed by atoms with Gasteiger partial charge in [-0.15, -0.1) is 0 Å². The van der Waals surface area contributed by atoms with Crippen molar-refractivity contribution in [3.63, 3.8) is 0 Å². The predicted octanol–water partition coefficient (Wildman–Crippen LogP) is 0.757. The Morgan fingerprint density at radius 2 is 2.33 bits per heavy atom. The number of carbonyl (C=O) groups excluding carboxylic acids is 1. The highest BCUT2D eigenvalue weighted by molar-refractivity contribution is 5.77. The van der Waals surface area contributed by atoms with Crippen LogP contribution in [-0.2, 0) is 4.79 Å². The number of nitrogens with one attached hydrogen (secondary N) is 1. The topological polar surface area (TPSA) is 69.0 Å². The number of nitrogens with zero attached hydrogens (tertiary/aromatic N) is 3. The lowest BCUT2D eigenvalue weighted by atomic mass is 10.0. The van der Waals surface area contributed by atoms with Crippen molar-refractivity contribution in [2.45, 2.75) is 12.3 Å². The zero-order valence-electron chi connectivity index (χ0n) is 10.8. The highest BCUT2D eigenvalue weighted by Crippen LogP contribution is 2.15. The fraction of sp³-hybridized carbons (Fsp3) is 0.462. The second-order valence-electron chi connectivity index (χ2n) is 4.29. The van der Waals surface area contributed by atoms with E-state index in [4.69, 9.17) is 5.26 Å². The van der Waals surface area contributed by atoms with E-state index in [-0.39, 0.29) is 12.3 Å². The highest BCUT2D eigenvalue weighted by atomic mass is 16.1. The van der Waals surface area contributed by atoms with Gasteiger partial charge in [-0.2, -0.15) is 5.26 Å². The number of hydrogen-bond acceptors (Lipinski definition) is 4. The lowest BCUT2D eigenvalue weighted by molar-refractivity contribution is -0.121. The molecule has 1 atom stereocenters. The number of aromatic nitrogens is 1. The molecule has 96 valence electrons. The van der Waals surface area contributed by atoms with Crippen LogP contribution < -0.4 is 5.32 Å². The molecule has 1 amide bonds. The first-order chi connectivity index (χ1) is 8.63. The van der Waals surface area contributed by atoms with Gasteiger partial charge in [0.25, 0.3) is 0 Å². The van der Waals surface area contributed by atoms with Crippen molar-refractivity contribution in [1.82, 2.24) is 15.2 Å². The maximum atomic E-state index is 11.7. The van der Waals surface area contributed by atoms with Crippen LogP contribution in [0.4, 0.5) is 0 Å². The maximum Gasteiger partial charge on any atom is 0.221 e. The summed E-state index contributed by atoms with van der Waals surface area (Å²) in [5.41, 5.74) is 0.641. The van der Waals surface area contributed by atoms with Crippen molar-refractivity contribution in [2.24, 2.45) is 0 Å². The van der Waals surface area contributed by atoms with Gasteiger partial charge in [0.1, 0.15) is 0 Å². The standard InChI is InChI=1S/C13H18N4O/c1-17(2)8-7-16-13(18)9-11(10-14)12-5-3-4-6-15-12/h3-6,11H,7-9H2,1-2H3,(H,16,18). The van der Waals surface area contributed by atoms with Crippen molar-refractivity contribution in [2.75, 3.05) is 27.2 Å². The maximum absolute atomic E-state index is 11.7. The third-order valence-electron chi connectivity index (χ3n) is 2.47. The molecule has 0 aliphatic heterocycles. The van der Waals surface area contributed by atoms with E-state index in [1.165, 1.54) is 0 Å². The van der Waals surface area contributed by atoms with Crippen LogP contribution >= 0.6 is 0 Å². The highest BCUT2D eigenvalue weighted by Gasteiger charge is 2.16. The van der Waals surface area contributed by atoms with Crippen LogP contribution in [0.1, 0.15) is 18.0 Å². The number of amides is 1. The van der Waals surface area contributed by atoms with Crippen molar-refractivity contribution < 1.29 is 4.79 Å². The smallest absolute Gasteiger partial charge is 0.221 e. The van der Waals surface area contributed by atoms with Crippen LogP contribution in [0, 0.1) is 11.3 Å². The fourth-order valence-electron chi connectivity index (χ4n) is 1.47. The Hall–Kier alpha value is -1.93. The molecule has 0 aromatic carbocycles. The van der Waals surface area contributed by atoms with E-state index in [0.717, 1.165) is 6.54 Å². The molecule has 1 N–H and O–H groups in total. The summed E-state index contributed by atoms with van der Waals surface area (Å²) in [6, 6.07) is 7.48. The van der Waals surface area contributed by atoms with Gasteiger partial charge < -0.3 is 10.2 Å². The Bertz CT molecular complexity index is 411. The molecule has 0 aliphatic rings. The van der Waals surface area contributed by atoms with E-state index in [9.17, 15) is 4.79 Å². The minimum atomic E-state index is -0.481. The molecule has 1 heterocycles. The minimum Gasteiger partial charge on any atom is -0.355 e. The number of carbonyl (C=O) groups is 1. The summed E-state index contributed by atoms with van der Waals surface area (Å²) in [5.74, 6) is -0.598. The molecule has 18 heavy (non-hydrogen) atoms. The normalized spacial score (nSPS) is 11.9. The zero-order valence-corrected chi connectivity index (χ0v) is 10.8. The predicted molar refractivity (Wildman–Crippen MR) is 68.8 cm³/mol. The molecule has 5 nitrogen and oxygen atoms in total. The number of likely N-dealkylation sites (N-methyl/N-ethyl adjacent to an activating group) is 1. The molecule has 0 fully saturated rings. The fourth-order valence-corrected chi connectivity index (χ4v) is 1.47. The third kappa shape index (κ3) is 4.93. The minimum absolute atomic E-state index is 0.117. The van der Waals surface area contributed by atoms with E-state index < -0.39 is 5.92 Å². The Morgan fingerprint density at radius 1 is 1.56 bits per heavy atom. The largest absolute Gasteiger partial charge is 0.355 e. The molecule has 0 saturated heterocycles. The molecule has 0 radical (unpaired) electrons. The summed E-state index contributed by atoms with van der Waals surface area (Å²) < 4.78 is 0. The summed E-state index contributed by atoms with van der Waals surface area (Å²) in [6.07, 6.45) is 1.78. The van der Waals surface area contributed by atoms with Gasteiger partial charge in [-0.3, -0.25) is 9.78 Å². The molecule has 0 saturated carbocycles. The summed E-state index contributed by atoms with van der Waals surface area (Å²) in [6.45, 7) is 1.37. The van der Waals surface area contributed by atoms with Crippen LogP contribution in [-0.4, -0.2) is 43.0 Å². The van der Waals surface area contributed by atoms with Crippen molar-refractivity contribution >= 4 is 5.91 Å². The van der Waals surface area contributed by atoms with Gasteiger partial charge in [0, 0.05) is 25.7 Å². The van der Waals surface area contributed by atoms with Gasteiger partial charge >= 0.3 is 0 Å². The van der Waals surface area contributed by atoms with Crippen LogP contribution in [0.15, 0.2) is 24.4 Å². The van der Waals surface area contributed by atoms with Crippen LogP contribution in [0.3, 0.4) is 0 Å². The van der Waals surface area contributed by atoms with E-state index in [1.54, 1.807) is 18.3 Å². The van der Waals surface area contributed by atoms with E-state index in [0.29, 0.717) is 12.2 Å². The van der Waals surface area contributed by atoms with Gasteiger partial charge in [-0.05, 0) is 26.2 Å². The molecule has 1 unspecified atom stereocenters. The Balaban J connectivity index is 2.45. The van der Waals surface area contributed by atoms with E-state index in [1.807, 2.05) is 25.1 Å². The molecule has 5 heteroatoms. The molecular weight excluding hydrogens is 228 g/mol. The zero-order chi connectivity index (χ0) is 13.4. The quantitative estimate of drug-likeness (QED) is 0.804. The SMILES string of the molecule is CN(C)CCNC(=O)CC(C#N)c1ccccn1. The number of nitriles is 1. The first-order valence-corrected chi connectivity index (χ1v) is 5.85. The molecule has 1 aromatic heterocycles. The van der Waals surface area contributed by atoms with Crippen molar-refractivity contribution in [1.29, 1.82) is 5.26 Å². The molecule has 1 aromatic rings. The monoisotopic (exact) mass is 246 g/mol. The molecular formula is C13H18N4O. The van der Waals surface area contributed by atoms with E-state index >= 15 is 0 Å². The summed E-state index contributed by atoms with van der Waals surface area (Å²) >= 11 is 0. The average molecular weight is 246 g/mol. The Labute approximate surface area is 107 Å². The Morgan fingerprint density at radius 3 is 2.89 bits per heavy atom. The van der Waals surface area contributed by atoms with Gasteiger partial charge in [-0.25, -0.2) is 0 Å². The van der Waals surface area contributed by atoms with Crippen molar-refractivity contribution in [3.8, 4) is 6.07 Å².